The van der Waals surface area contributed by atoms with Crippen LogP contribution in [0.4, 0.5) is 5.13 Å². The van der Waals surface area contributed by atoms with Crippen LogP contribution in [0.1, 0.15) is 23.9 Å². The SMILES string of the molecule is CCc1nsc(N(C)Cc2cccc(C(N)=NO)c2)n1. The summed E-state index contributed by atoms with van der Waals surface area (Å²) in [6.45, 7) is 2.72. The highest BCUT2D eigenvalue weighted by molar-refractivity contribution is 7.09. The van der Waals surface area contributed by atoms with Crippen LogP contribution in [-0.4, -0.2) is 27.4 Å². The van der Waals surface area contributed by atoms with Gasteiger partial charge >= 0.3 is 0 Å². The summed E-state index contributed by atoms with van der Waals surface area (Å²) in [4.78, 5) is 6.47. The molecule has 0 saturated heterocycles. The summed E-state index contributed by atoms with van der Waals surface area (Å²) >= 11 is 1.39. The van der Waals surface area contributed by atoms with Gasteiger partial charge in [-0.25, -0.2) is 4.98 Å². The Balaban J connectivity index is 2.13. The van der Waals surface area contributed by atoms with E-state index in [2.05, 4.69) is 14.5 Å². The molecule has 0 saturated carbocycles. The second-order valence-corrected chi connectivity index (χ2v) is 5.12. The third-order valence-corrected chi connectivity index (χ3v) is 3.72. The molecule has 0 amide bonds. The Morgan fingerprint density at radius 3 is 2.95 bits per heavy atom. The molecule has 2 aromatic rings. The van der Waals surface area contributed by atoms with E-state index in [4.69, 9.17) is 10.9 Å². The molecule has 0 atom stereocenters. The van der Waals surface area contributed by atoms with Crippen molar-refractivity contribution in [3.63, 3.8) is 0 Å². The summed E-state index contributed by atoms with van der Waals surface area (Å²) in [5, 5.41) is 12.6. The molecule has 1 heterocycles. The van der Waals surface area contributed by atoms with E-state index in [1.807, 2.05) is 37.1 Å². The maximum atomic E-state index is 8.70. The quantitative estimate of drug-likeness (QED) is 0.380. The Kier molecular flexibility index (Phi) is 4.52. The molecule has 6 nitrogen and oxygen atoms in total. The Bertz CT molecular complexity index is 610. The number of aryl methyl sites for hydroxylation is 1. The van der Waals surface area contributed by atoms with E-state index < -0.39 is 0 Å². The first-order valence-electron chi connectivity index (χ1n) is 6.24. The molecule has 106 valence electrons. The number of hydrogen-bond donors (Lipinski definition) is 2. The first-order chi connectivity index (χ1) is 9.63. The van der Waals surface area contributed by atoms with Crippen LogP contribution < -0.4 is 10.6 Å². The van der Waals surface area contributed by atoms with Crippen molar-refractivity contribution in [3.05, 3.63) is 41.2 Å². The lowest BCUT2D eigenvalue weighted by atomic mass is 10.1. The van der Waals surface area contributed by atoms with Gasteiger partial charge in [-0.2, -0.15) is 4.37 Å². The van der Waals surface area contributed by atoms with Crippen molar-refractivity contribution >= 4 is 22.5 Å². The lowest BCUT2D eigenvalue weighted by molar-refractivity contribution is 0.318. The van der Waals surface area contributed by atoms with E-state index >= 15 is 0 Å². The van der Waals surface area contributed by atoms with Gasteiger partial charge in [0.15, 0.2) is 5.84 Å². The van der Waals surface area contributed by atoms with Crippen molar-refractivity contribution in [2.24, 2.45) is 10.9 Å². The average molecular weight is 291 g/mol. The maximum Gasteiger partial charge on any atom is 0.205 e. The van der Waals surface area contributed by atoms with E-state index in [1.165, 1.54) is 11.5 Å². The van der Waals surface area contributed by atoms with Crippen LogP contribution in [0, 0.1) is 0 Å². The zero-order valence-corrected chi connectivity index (χ0v) is 12.3. The third-order valence-electron chi connectivity index (χ3n) is 2.85. The van der Waals surface area contributed by atoms with Crippen LogP contribution in [0.2, 0.25) is 0 Å². The number of amidine groups is 1. The third kappa shape index (κ3) is 3.24. The number of anilines is 1. The predicted octanol–water partition coefficient (Wildman–Crippen LogP) is 1.83. The van der Waals surface area contributed by atoms with Gasteiger partial charge in [-0.05, 0) is 11.6 Å². The van der Waals surface area contributed by atoms with E-state index in [1.54, 1.807) is 6.07 Å². The van der Waals surface area contributed by atoms with E-state index in [0.717, 1.165) is 22.9 Å². The smallest absolute Gasteiger partial charge is 0.205 e. The van der Waals surface area contributed by atoms with Gasteiger partial charge in [0.2, 0.25) is 5.13 Å². The second kappa shape index (κ2) is 6.33. The van der Waals surface area contributed by atoms with Crippen molar-refractivity contribution in [2.45, 2.75) is 19.9 Å². The van der Waals surface area contributed by atoms with Crippen molar-refractivity contribution in [3.8, 4) is 0 Å². The molecule has 1 aromatic carbocycles. The van der Waals surface area contributed by atoms with Gasteiger partial charge in [0.1, 0.15) is 5.82 Å². The first-order valence-corrected chi connectivity index (χ1v) is 7.02. The monoisotopic (exact) mass is 291 g/mol. The highest BCUT2D eigenvalue weighted by Gasteiger charge is 2.09. The molecule has 2 rings (SSSR count). The molecule has 0 fully saturated rings. The molecule has 20 heavy (non-hydrogen) atoms. The van der Waals surface area contributed by atoms with Gasteiger partial charge in [-0.1, -0.05) is 30.3 Å². The molecule has 1 aromatic heterocycles. The Morgan fingerprint density at radius 2 is 2.30 bits per heavy atom. The van der Waals surface area contributed by atoms with Gasteiger partial charge in [-0.3, -0.25) is 0 Å². The largest absolute Gasteiger partial charge is 0.409 e. The van der Waals surface area contributed by atoms with E-state index in [-0.39, 0.29) is 5.84 Å². The van der Waals surface area contributed by atoms with Gasteiger partial charge in [0, 0.05) is 37.1 Å². The Morgan fingerprint density at radius 1 is 1.50 bits per heavy atom. The highest BCUT2D eigenvalue weighted by atomic mass is 32.1. The second-order valence-electron chi connectivity index (χ2n) is 4.39. The predicted molar refractivity (Wildman–Crippen MR) is 80.3 cm³/mol. The highest BCUT2D eigenvalue weighted by Crippen LogP contribution is 2.18. The average Bonchev–Trinajstić information content (AvgIpc) is 2.95. The fourth-order valence-electron chi connectivity index (χ4n) is 1.77. The number of nitrogens with zero attached hydrogens (tertiary/aromatic N) is 4. The van der Waals surface area contributed by atoms with Crippen LogP contribution in [0.15, 0.2) is 29.4 Å². The molecule has 0 bridgehead atoms. The van der Waals surface area contributed by atoms with Crippen molar-refractivity contribution in [1.29, 1.82) is 0 Å². The lowest BCUT2D eigenvalue weighted by Crippen LogP contribution is -2.17. The number of aromatic nitrogens is 2. The van der Waals surface area contributed by atoms with E-state index in [0.29, 0.717) is 12.1 Å². The topological polar surface area (TPSA) is 87.6 Å². The van der Waals surface area contributed by atoms with Crippen LogP contribution in [-0.2, 0) is 13.0 Å². The zero-order valence-electron chi connectivity index (χ0n) is 11.4. The molecular formula is C13H17N5OS. The number of benzene rings is 1. The normalized spacial score (nSPS) is 11.6. The van der Waals surface area contributed by atoms with Crippen molar-refractivity contribution in [2.75, 3.05) is 11.9 Å². The molecule has 0 spiro atoms. The molecule has 0 aliphatic carbocycles. The van der Waals surface area contributed by atoms with Crippen LogP contribution in [0.25, 0.3) is 0 Å². The molecule has 0 aliphatic heterocycles. The van der Waals surface area contributed by atoms with Crippen LogP contribution in [0.5, 0.6) is 0 Å². The van der Waals surface area contributed by atoms with Crippen LogP contribution in [0.3, 0.4) is 0 Å². The molecule has 7 heteroatoms. The molecular weight excluding hydrogens is 274 g/mol. The van der Waals surface area contributed by atoms with Gasteiger partial charge in [0.25, 0.3) is 0 Å². The van der Waals surface area contributed by atoms with E-state index in [9.17, 15) is 0 Å². The summed E-state index contributed by atoms with van der Waals surface area (Å²) < 4.78 is 4.27. The number of rotatable bonds is 5. The molecule has 0 radical (unpaired) electrons. The first kappa shape index (κ1) is 14.3. The minimum absolute atomic E-state index is 0.110. The molecule has 3 N–H and O–H groups in total. The van der Waals surface area contributed by atoms with Gasteiger partial charge in [-0.15, -0.1) is 0 Å². The van der Waals surface area contributed by atoms with Gasteiger partial charge < -0.3 is 15.8 Å². The fraction of sp³-hybridized carbons (Fsp3) is 0.308. The summed E-state index contributed by atoms with van der Waals surface area (Å²) in [6.07, 6.45) is 0.837. The summed E-state index contributed by atoms with van der Waals surface area (Å²) in [7, 11) is 1.97. The van der Waals surface area contributed by atoms with Crippen molar-refractivity contribution in [1.82, 2.24) is 9.36 Å². The Labute approximate surface area is 121 Å². The summed E-state index contributed by atoms with van der Waals surface area (Å²) in [6, 6.07) is 7.58. The lowest BCUT2D eigenvalue weighted by Gasteiger charge is -2.15. The molecule has 0 unspecified atom stereocenters. The summed E-state index contributed by atoms with van der Waals surface area (Å²) in [5.74, 6) is 0.973. The standard InChI is InChI=1S/C13H17N5OS/c1-3-11-15-13(20-17-11)18(2)8-9-5-4-6-10(7-9)12(14)16-19/h4-7,19H,3,8H2,1-2H3,(H2,14,16). The fourth-order valence-corrected chi connectivity index (χ4v) is 2.48. The molecule has 0 aliphatic rings. The van der Waals surface area contributed by atoms with Crippen LogP contribution >= 0.6 is 11.5 Å². The maximum absolute atomic E-state index is 8.70. The minimum atomic E-state index is 0.110. The number of oxime groups is 1. The minimum Gasteiger partial charge on any atom is -0.409 e. The number of hydrogen-bond acceptors (Lipinski definition) is 6. The summed E-state index contributed by atoms with van der Waals surface area (Å²) in [5.41, 5.74) is 7.35. The zero-order chi connectivity index (χ0) is 14.5. The Hall–Kier alpha value is -2.15. The van der Waals surface area contributed by atoms with Gasteiger partial charge in [0.05, 0.1) is 0 Å². The van der Waals surface area contributed by atoms with Crippen molar-refractivity contribution < 1.29 is 5.21 Å². The number of nitrogens with two attached hydrogens (primary N) is 1.